The molecule has 1 heterocycles. The van der Waals surface area contributed by atoms with Gasteiger partial charge in [0, 0.05) is 11.6 Å². The van der Waals surface area contributed by atoms with Gasteiger partial charge in [0.05, 0.1) is 0 Å². The molecule has 0 radical (unpaired) electrons. The van der Waals surface area contributed by atoms with Gasteiger partial charge >= 0.3 is 0 Å². The van der Waals surface area contributed by atoms with Crippen molar-refractivity contribution in [2.75, 3.05) is 22.1 Å². The van der Waals surface area contributed by atoms with Crippen LogP contribution in [0, 0.1) is 0 Å². The zero-order chi connectivity index (χ0) is 20.0. The molecule has 10 heteroatoms. The second kappa shape index (κ2) is 9.05. The maximum Gasteiger partial charge on any atom is 0.241 e. The molecule has 2 aromatic rings. The first-order valence-electron chi connectivity index (χ1n) is 8.41. The summed E-state index contributed by atoms with van der Waals surface area (Å²) in [5, 5.41) is 13.6. The minimum Gasteiger partial charge on any atom is -0.325 e. The third-order valence-corrected chi connectivity index (χ3v) is 6.07. The van der Waals surface area contributed by atoms with E-state index in [1.807, 2.05) is 32.9 Å². The molecular formula is C17H22N4O4S2. The Morgan fingerprint density at radius 3 is 2.15 bits per heavy atom. The first-order chi connectivity index (χ1) is 12.7. The van der Waals surface area contributed by atoms with Gasteiger partial charge in [-0.2, -0.15) is 0 Å². The minimum absolute atomic E-state index is 0.159. The van der Waals surface area contributed by atoms with E-state index < -0.39 is 33.2 Å². The van der Waals surface area contributed by atoms with Crippen LogP contribution in [0.3, 0.4) is 0 Å². The smallest absolute Gasteiger partial charge is 0.241 e. The van der Waals surface area contributed by atoms with Crippen molar-refractivity contribution < 1.29 is 18.0 Å². The van der Waals surface area contributed by atoms with Gasteiger partial charge in [0.25, 0.3) is 0 Å². The third kappa shape index (κ3) is 6.72. The topological polar surface area (TPSA) is 118 Å². The second-order valence-corrected chi connectivity index (χ2v) is 9.35. The summed E-state index contributed by atoms with van der Waals surface area (Å²) < 4.78 is 24.2. The highest BCUT2D eigenvalue weighted by atomic mass is 32.2. The van der Waals surface area contributed by atoms with Crippen LogP contribution in [-0.4, -0.2) is 41.9 Å². The number of nitrogens with one attached hydrogen (secondary N) is 2. The maximum atomic E-state index is 12.1. The van der Waals surface area contributed by atoms with E-state index in [9.17, 15) is 18.0 Å². The number of aryl methyl sites for hydroxylation is 1. The van der Waals surface area contributed by atoms with Crippen LogP contribution in [0.2, 0.25) is 0 Å². The number of nitrogens with zero attached hydrogens (tertiary/aromatic N) is 2. The van der Waals surface area contributed by atoms with Crippen LogP contribution in [0.5, 0.6) is 0 Å². The third-order valence-electron chi connectivity index (χ3n) is 3.53. The lowest BCUT2D eigenvalue weighted by molar-refractivity contribution is -0.114. The van der Waals surface area contributed by atoms with E-state index in [-0.39, 0.29) is 11.0 Å². The Morgan fingerprint density at radius 1 is 1.04 bits per heavy atom. The quantitative estimate of drug-likeness (QED) is 0.689. The molecule has 0 fully saturated rings. The fraction of sp³-hybridized carbons (Fsp3) is 0.412. The SMILES string of the molecule is CCc1ccc(NC(=O)CS(=O)(=O)CC(=O)Nc2nnc(C(C)C)s2)cc1. The predicted octanol–water partition coefficient (Wildman–Crippen LogP) is 2.22. The van der Waals surface area contributed by atoms with Crippen LogP contribution in [-0.2, 0) is 25.8 Å². The van der Waals surface area contributed by atoms with E-state index in [4.69, 9.17) is 0 Å². The Balaban J connectivity index is 1.88. The van der Waals surface area contributed by atoms with E-state index in [0.717, 1.165) is 17.0 Å². The predicted molar refractivity (Wildman–Crippen MR) is 106 cm³/mol. The zero-order valence-electron chi connectivity index (χ0n) is 15.4. The molecule has 8 nitrogen and oxygen atoms in total. The molecule has 2 N–H and O–H groups in total. The van der Waals surface area contributed by atoms with Gasteiger partial charge in [-0.1, -0.05) is 44.2 Å². The van der Waals surface area contributed by atoms with Gasteiger partial charge in [-0.15, -0.1) is 10.2 Å². The number of carbonyl (C=O) groups excluding carboxylic acids is 2. The average molecular weight is 411 g/mol. The molecule has 146 valence electrons. The molecule has 0 aliphatic rings. The summed E-state index contributed by atoms with van der Waals surface area (Å²) >= 11 is 1.19. The van der Waals surface area contributed by atoms with E-state index >= 15 is 0 Å². The molecule has 0 aliphatic heterocycles. The molecular weight excluding hydrogens is 388 g/mol. The number of benzene rings is 1. The molecule has 0 saturated carbocycles. The van der Waals surface area contributed by atoms with Crippen LogP contribution in [0.15, 0.2) is 24.3 Å². The van der Waals surface area contributed by atoms with Crippen molar-refractivity contribution in [3.8, 4) is 0 Å². The highest BCUT2D eigenvalue weighted by Gasteiger charge is 2.22. The van der Waals surface area contributed by atoms with Gasteiger partial charge in [0.2, 0.25) is 16.9 Å². The Hall–Kier alpha value is -2.33. The molecule has 1 aromatic carbocycles. The first-order valence-corrected chi connectivity index (χ1v) is 11.0. The zero-order valence-corrected chi connectivity index (χ0v) is 17.0. The fourth-order valence-corrected chi connectivity index (χ4v) is 3.95. The summed E-state index contributed by atoms with van der Waals surface area (Å²) in [6, 6.07) is 7.12. The molecule has 0 unspecified atom stereocenters. The second-order valence-electron chi connectivity index (χ2n) is 6.28. The summed E-state index contributed by atoms with van der Waals surface area (Å²) in [5.41, 5.74) is 1.61. The van der Waals surface area contributed by atoms with Crippen molar-refractivity contribution in [3.05, 3.63) is 34.8 Å². The Labute approximate surface area is 162 Å². The highest BCUT2D eigenvalue weighted by molar-refractivity contribution is 7.92. The van der Waals surface area contributed by atoms with Crippen LogP contribution in [0.1, 0.15) is 37.3 Å². The van der Waals surface area contributed by atoms with Gasteiger partial charge in [-0.25, -0.2) is 8.42 Å². The molecule has 0 spiro atoms. The van der Waals surface area contributed by atoms with Crippen LogP contribution in [0.4, 0.5) is 10.8 Å². The standard InChI is InChI=1S/C17H22N4O4S2/c1-4-12-5-7-13(8-6-12)18-14(22)9-27(24,25)10-15(23)19-17-21-20-16(26-17)11(2)3/h5-8,11H,4,9-10H2,1-3H3,(H,18,22)(H,19,21,23). The summed E-state index contributed by atoms with van der Waals surface area (Å²) in [7, 11) is -3.91. The largest absolute Gasteiger partial charge is 0.325 e. The Morgan fingerprint density at radius 2 is 1.63 bits per heavy atom. The molecule has 2 amide bonds. The number of sulfone groups is 1. The number of hydrogen-bond acceptors (Lipinski definition) is 7. The lowest BCUT2D eigenvalue weighted by Gasteiger charge is -2.07. The average Bonchev–Trinajstić information content (AvgIpc) is 3.02. The van der Waals surface area contributed by atoms with Crippen molar-refractivity contribution in [1.82, 2.24) is 10.2 Å². The van der Waals surface area contributed by atoms with E-state index in [2.05, 4.69) is 20.8 Å². The van der Waals surface area contributed by atoms with Crippen molar-refractivity contribution >= 4 is 43.8 Å². The first kappa shape index (κ1) is 21.0. The Bertz CT molecular complexity index is 905. The van der Waals surface area contributed by atoms with Gasteiger partial charge in [0.15, 0.2) is 9.84 Å². The number of anilines is 2. The van der Waals surface area contributed by atoms with Gasteiger partial charge in [-0.05, 0) is 24.1 Å². The molecule has 0 aliphatic carbocycles. The van der Waals surface area contributed by atoms with Gasteiger partial charge in [-0.3, -0.25) is 14.9 Å². The molecule has 0 atom stereocenters. The number of rotatable bonds is 8. The number of hydrogen-bond donors (Lipinski definition) is 2. The number of amides is 2. The van der Waals surface area contributed by atoms with Crippen LogP contribution in [0.25, 0.3) is 0 Å². The molecule has 0 bridgehead atoms. The normalized spacial score (nSPS) is 11.4. The summed E-state index contributed by atoms with van der Waals surface area (Å²) in [5.74, 6) is -2.85. The van der Waals surface area contributed by atoms with E-state index in [1.54, 1.807) is 12.1 Å². The van der Waals surface area contributed by atoms with Crippen molar-refractivity contribution in [2.24, 2.45) is 0 Å². The highest BCUT2D eigenvalue weighted by Crippen LogP contribution is 2.22. The molecule has 1 aromatic heterocycles. The van der Waals surface area contributed by atoms with Crippen LogP contribution >= 0.6 is 11.3 Å². The van der Waals surface area contributed by atoms with Gasteiger partial charge < -0.3 is 5.32 Å². The monoisotopic (exact) mass is 410 g/mol. The van der Waals surface area contributed by atoms with E-state index in [1.165, 1.54) is 11.3 Å². The summed E-state index contributed by atoms with van der Waals surface area (Å²) in [6.45, 7) is 5.88. The number of carbonyl (C=O) groups is 2. The van der Waals surface area contributed by atoms with Crippen molar-refractivity contribution in [2.45, 2.75) is 33.1 Å². The van der Waals surface area contributed by atoms with Crippen molar-refractivity contribution in [3.63, 3.8) is 0 Å². The molecule has 2 rings (SSSR count). The molecule has 0 saturated heterocycles. The van der Waals surface area contributed by atoms with Crippen LogP contribution < -0.4 is 10.6 Å². The lowest BCUT2D eigenvalue weighted by Crippen LogP contribution is -2.30. The number of aromatic nitrogens is 2. The lowest BCUT2D eigenvalue weighted by atomic mass is 10.1. The van der Waals surface area contributed by atoms with Gasteiger partial charge in [0.1, 0.15) is 16.5 Å². The minimum atomic E-state index is -3.91. The molecule has 27 heavy (non-hydrogen) atoms. The van der Waals surface area contributed by atoms with Crippen molar-refractivity contribution in [1.29, 1.82) is 0 Å². The fourth-order valence-electron chi connectivity index (χ4n) is 2.15. The summed E-state index contributed by atoms with van der Waals surface area (Å²) in [6.07, 6.45) is 0.866. The Kier molecular flexibility index (Phi) is 7.03. The van der Waals surface area contributed by atoms with E-state index in [0.29, 0.717) is 5.69 Å². The maximum absolute atomic E-state index is 12.1. The summed E-state index contributed by atoms with van der Waals surface area (Å²) in [4.78, 5) is 23.9.